The summed E-state index contributed by atoms with van der Waals surface area (Å²) in [5, 5.41) is 70.5. The summed E-state index contributed by atoms with van der Waals surface area (Å²) in [7, 11) is 0. The second-order valence-corrected chi connectivity index (χ2v) is 16.2. The Bertz CT molecular complexity index is 892. The molecule has 0 aromatic rings. The Hall–Kier alpha value is -0.540. The van der Waals surface area contributed by atoms with Crippen LogP contribution in [0.3, 0.4) is 0 Å². The lowest BCUT2D eigenvalue weighted by molar-refractivity contribution is -0.0591. The maximum atomic E-state index is 10.4. The Morgan fingerprint density at radius 2 is 1.42 bits per heavy atom. The van der Waals surface area contributed by atoms with Gasteiger partial charge in [0, 0.05) is 0 Å². The number of hydrogen-bond acceptors (Lipinski definition) is 7. The predicted octanol–water partition coefficient (Wildman–Crippen LogP) is 4.59. The van der Waals surface area contributed by atoms with Crippen molar-refractivity contribution in [1.29, 1.82) is 0 Å². The lowest BCUT2D eigenvalue weighted by atomic mass is 9.47. The molecular formula is C36H64O7. The van der Waals surface area contributed by atoms with Gasteiger partial charge in [-0.3, -0.25) is 0 Å². The van der Waals surface area contributed by atoms with Crippen molar-refractivity contribution in [2.45, 2.75) is 142 Å². The lowest BCUT2D eigenvalue weighted by Crippen LogP contribution is -2.50. The Labute approximate surface area is 260 Å². The topological polar surface area (TPSA) is 142 Å². The largest absolute Gasteiger partial charge is 0.394 e. The van der Waals surface area contributed by atoms with Crippen molar-refractivity contribution in [1.82, 2.24) is 0 Å². The monoisotopic (exact) mass is 608 g/mol. The molecule has 12 atom stereocenters. The van der Waals surface area contributed by atoms with Crippen LogP contribution in [0.25, 0.3) is 0 Å². The van der Waals surface area contributed by atoms with Gasteiger partial charge >= 0.3 is 0 Å². The first-order valence-electron chi connectivity index (χ1n) is 17.6. The van der Waals surface area contributed by atoms with E-state index < -0.39 is 43.5 Å². The van der Waals surface area contributed by atoms with E-state index in [4.69, 9.17) is 0 Å². The number of aliphatic hydroxyl groups excluding tert-OH is 7. The summed E-state index contributed by atoms with van der Waals surface area (Å²) in [5.74, 6) is 3.59. The fourth-order valence-electron chi connectivity index (χ4n) is 11.3. The van der Waals surface area contributed by atoms with Crippen LogP contribution in [-0.2, 0) is 0 Å². The van der Waals surface area contributed by atoms with Gasteiger partial charge in [-0.05, 0) is 122 Å². The van der Waals surface area contributed by atoms with Crippen LogP contribution >= 0.6 is 0 Å². The first kappa shape index (κ1) is 35.3. The fourth-order valence-corrected chi connectivity index (χ4v) is 11.3. The zero-order valence-electron chi connectivity index (χ0n) is 27.5. The third kappa shape index (κ3) is 7.24. The summed E-state index contributed by atoms with van der Waals surface area (Å²) in [4.78, 5) is 0. The summed E-state index contributed by atoms with van der Waals surface area (Å²) in [6.45, 7) is 8.40. The summed E-state index contributed by atoms with van der Waals surface area (Å²) in [6.07, 6.45) is 12.3. The van der Waals surface area contributed by atoms with Gasteiger partial charge in [-0.1, -0.05) is 58.6 Å². The van der Waals surface area contributed by atoms with Gasteiger partial charge in [0.2, 0.25) is 0 Å². The summed E-state index contributed by atoms with van der Waals surface area (Å²) in [5.41, 5.74) is 1.46. The predicted molar refractivity (Wildman–Crippen MR) is 169 cm³/mol. The summed E-state index contributed by atoms with van der Waals surface area (Å²) < 4.78 is 0. The van der Waals surface area contributed by atoms with Crippen molar-refractivity contribution in [3.63, 3.8) is 0 Å². The maximum absolute atomic E-state index is 10.4. The Morgan fingerprint density at radius 1 is 0.814 bits per heavy atom. The van der Waals surface area contributed by atoms with E-state index in [1.807, 2.05) is 0 Å². The quantitative estimate of drug-likeness (QED) is 0.135. The van der Waals surface area contributed by atoms with E-state index in [-0.39, 0.29) is 36.7 Å². The van der Waals surface area contributed by atoms with E-state index in [0.717, 1.165) is 56.3 Å². The summed E-state index contributed by atoms with van der Waals surface area (Å²) >= 11 is 0. The van der Waals surface area contributed by atoms with E-state index in [9.17, 15) is 35.7 Å². The normalized spacial score (nSPS) is 39.0. The highest BCUT2D eigenvalue weighted by Crippen LogP contribution is 2.67. The van der Waals surface area contributed by atoms with Crippen LogP contribution in [0.4, 0.5) is 0 Å². The van der Waals surface area contributed by atoms with Crippen molar-refractivity contribution < 1.29 is 35.7 Å². The number of rotatable bonds is 15. The second-order valence-electron chi connectivity index (χ2n) is 16.2. The highest BCUT2D eigenvalue weighted by molar-refractivity contribution is 5.25. The number of aliphatic hydroxyl groups is 7. The van der Waals surface area contributed by atoms with Crippen LogP contribution in [0, 0.1) is 51.8 Å². The van der Waals surface area contributed by atoms with E-state index in [2.05, 4.69) is 33.8 Å². The van der Waals surface area contributed by atoms with Crippen molar-refractivity contribution in [2.24, 2.45) is 51.8 Å². The third-order valence-corrected chi connectivity index (χ3v) is 13.7. The molecule has 0 aliphatic heterocycles. The lowest BCUT2D eigenvalue weighted by Gasteiger charge is -2.58. The fraction of sp³-hybridized carbons (Fsp3) is 0.944. The van der Waals surface area contributed by atoms with Gasteiger partial charge in [-0.2, -0.15) is 0 Å². The maximum Gasteiger partial charge on any atom is 0.0776 e. The number of hydrogen-bond donors (Lipinski definition) is 7. The molecular weight excluding hydrogens is 544 g/mol. The van der Waals surface area contributed by atoms with E-state index in [1.165, 1.54) is 37.7 Å². The van der Waals surface area contributed by atoms with Crippen molar-refractivity contribution in [3.05, 3.63) is 11.6 Å². The first-order valence-corrected chi connectivity index (χ1v) is 17.6. The highest BCUT2D eigenvalue weighted by Gasteiger charge is 2.59. The van der Waals surface area contributed by atoms with E-state index >= 15 is 0 Å². The Kier molecular flexibility index (Phi) is 11.9. The van der Waals surface area contributed by atoms with Gasteiger partial charge in [0.15, 0.2) is 0 Å². The zero-order chi connectivity index (χ0) is 31.6. The average Bonchev–Trinajstić information content (AvgIpc) is 3.34. The molecule has 43 heavy (non-hydrogen) atoms. The standard InChI is InChI=1S/C36H64O7/c1-23(6-5-7-24(2)36(17-27(41)20-37,18-28(42)21-38)19-29(43)22-39)31-10-11-32-30-9-8-25-16-26(40)12-14-34(25,3)33(30)13-15-35(31,32)4/h8,23-24,26-33,37-43H,5-7,9-22H2,1-4H3/t23-,24?,26+,27?,28?,29?,30+,31-,32+,33+,34+,35-,36?/m1/s1. The van der Waals surface area contributed by atoms with Gasteiger partial charge in [0.05, 0.1) is 44.2 Å². The molecule has 0 radical (unpaired) electrons. The average molecular weight is 609 g/mol. The van der Waals surface area contributed by atoms with Crippen molar-refractivity contribution >= 4 is 0 Å². The van der Waals surface area contributed by atoms with Crippen LogP contribution in [0.1, 0.15) is 118 Å². The molecule has 7 nitrogen and oxygen atoms in total. The molecule has 3 saturated carbocycles. The Balaban J connectivity index is 1.41. The van der Waals surface area contributed by atoms with Gasteiger partial charge in [-0.25, -0.2) is 0 Å². The minimum atomic E-state index is -0.990. The van der Waals surface area contributed by atoms with E-state index in [1.54, 1.807) is 0 Å². The molecule has 7 heteroatoms. The van der Waals surface area contributed by atoms with Gasteiger partial charge in [-0.15, -0.1) is 0 Å². The molecule has 4 unspecified atom stereocenters. The van der Waals surface area contributed by atoms with Crippen LogP contribution in [0.5, 0.6) is 0 Å². The van der Waals surface area contributed by atoms with Crippen LogP contribution in [0.15, 0.2) is 11.6 Å². The number of fused-ring (bicyclic) bond motifs is 5. The molecule has 0 aromatic carbocycles. The Morgan fingerprint density at radius 3 is 2.00 bits per heavy atom. The molecule has 0 aromatic heterocycles. The minimum absolute atomic E-state index is 0.0172. The molecule has 250 valence electrons. The third-order valence-electron chi connectivity index (χ3n) is 13.7. The second kappa shape index (κ2) is 14.5. The molecule has 0 amide bonds. The molecule has 0 saturated heterocycles. The minimum Gasteiger partial charge on any atom is -0.394 e. The highest BCUT2D eigenvalue weighted by atomic mass is 16.3. The van der Waals surface area contributed by atoms with Crippen molar-refractivity contribution in [3.8, 4) is 0 Å². The van der Waals surface area contributed by atoms with Gasteiger partial charge < -0.3 is 35.7 Å². The molecule has 4 aliphatic rings. The molecule has 0 bridgehead atoms. The first-order chi connectivity index (χ1) is 20.3. The molecule has 7 N–H and O–H groups in total. The molecule has 3 fully saturated rings. The molecule has 0 heterocycles. The van der Waals surface area contributed by atoms with Gasteiger partial charge in [0.25, 0.3) is 0 Å². The molecule has 4 rings (SSSR count). The molecule has 0 spiro atoms. The van der Waals surface area contributed by atoms with Crippen molar-refractivity contribution in [2.75, 3.05) is 19.8 Å². The smallest absolute Gasteiger partial charge is 0.0776 e. The van der Waals surface area contributed by atoms with Crippen LogP contribution < -0.4 is 0 Å². The zero-order valence-corrected chi connectivity index (χ0v) is 27.5. The summed E-state index contributed by atoms with van der Waals surface area (Å²) in [6, 6.07) is 0. The van der Waals surface area contributed by atoms with Gasteiger partial charge in [0.1, 0.15) is 0 Å². The number of allylic oxidation sites excluding steroid dienone is 1. The van der Waals surface area contributed by atoms with Crippen LogP contribution in [-0.4, -0.2) is 80.0 Å². The molecule has 4 aliphatic carbocycles. The SMILES string of the molecule is CC(CCC[C@@H](C)[C@H]1CC[C@H]2[C@@H]3CC=C4C[C@@H](O)CC[C@]4(C)[C@H]3CC[C@]12C)C(CC(O)CO)(CC(O)CO)CC(O)CO. The van der Waals surface area contributed by atoms with E-state index in [0.29, 0.717) is 17.3 Å². The van der Waals surface area contributed by atoms with Crippen LogP contribution in [0.2, 0.25) is 0 Å².